The van der Waals surface area contributed by atoms with E-state index in [1.807, 2.05) is 6.07 Å². The summed E-state index contributed by atoms with van der Waals surface area (Å²) in [7, 11) is 0. The third-order valence-electron chi connectivity index (χ3n) is 4.93. The van der Waals surface area contributed by atoms with E-state index in [0.29, 0.717) is 5.01 Å². The number of hydrogen-bond acceptors (Lipinski definition) is 7. The molecule has 0 aliphatic rings. The molecule has 0 aliphatic carbocycles. The van der Waals surface area contributed by atoms with Gasteiger partial charge in [0.05, 0.1) is 29.0 Å². The molecule has 3 heterocycles. The third-order valence-corrected chi connectivity index (χ3v) is 5.77. The maximum absolute atomic E-state index is 13.8. The third kappa shape index (κ3) is 4.66. The first-order valence-corrected chi connectivity index (χ1v) is 10.6. The van der Waals surface area contributed by atoms with Gasteiger partial charge in [-0.05, 0) is 25.1 Å². The average molecular weight is 503 g/mol. The Labute approximate surface area is 197 Å². The first-order valence-electron chi connectivity index (χ1n) is 9.68. The molecule has 0 saturated heterocycles. The Balaban J connectivity index is 1.78. The lowest BCUT2D eigenvalue weighted by Crippen LogP contribution is -2.19. The fourth-order valence-electron chi connectivity index (χ4n) is 3.31. The number of alkyl halides is 3. The fourth-order valence-corrected chi connectivity index (χ4v) is 4.01. The van der Waals surface area contributed by atoms with Gasteiger partial charge in [0.25, 0.3) is 11.8 Å². The van der Waals surface area contributed by atoms with Crippen LogP contribution in [0.25, 0.3) is 10.9 Å². The number of primary amides is 1. The van der Waals surface area contributed by atoms with E-state index < -0.39 is 35.2 Å². The van der Waals surface area contributed by atoms with E-state index >= 15 is 0 Å². The Bertz CT molecular complexity index is 1540. The lowest BCUT2D eigenvalue weighted by atomic mass is 10.1. The first kappa shape index (κ1) is 23.8. The molecule has 0 saturated carbocycles. The predicted octanol–water partition coefficient (Wildman–Crippen LogP) is 3.63. The number of pyridine rings is 1. The van der Waals surface area contributed by atoms with Crippen LogP contribution in [0.1, 0.15) is 42.9 Å². The summed E-state index contributed by atoms with van der Waals surface area (Å²) >= 11 is 1.07. The molecule has 2 amide bonds. The zero-order chi connectivity index (χ0) is 25.5. The Hall–Kier alpha value is -4.38. The molecular formula is C21H13F4N7O2S. The van der Waals surface area contributed by atoms with Gasteiger partial charge in [-0.3, -0.25) is 14.3 Å². The number of hydrogen-bond donors (Lipinski definition) is 2. The van der Waals surface area contributed by atoms with Crippen molar-refractivity contribution in [1.82, 2.24) is 19.7 Å². The number of nitrogens with two attached hydrogens (primary N) is 1. The molecule has 9 nitrogen and oxygen atoms in total. The van der Waals surface area contributed by atoms with Crippen molar-refractivity contribution in [2.24, 2.45) is 5.73 Å². The Morgan fingerprint density at radius 1 is 1.26 bits per heavy atom. The van der Waals surface area contributed by atoms with E-state index in [0.717, 1.165) is 34.2 Å². The van der Waals surface area contributed by atoms with Gasteiger partial charge in [0.2, 0.25) is 0 Å². The number of nitriles is 1. The number of carbonyl (C=O) groups is 2. The molecule has 14 heteroatoms. The summed E-state index contributed by atoms with van der Waals surface area (Å²) in [6.07, 6.45) is -4.92. The van der Waals surface area contributed by atoms with Gasteiger partial charge in [-0.1, -0.05) is 0 Å². The van der Waals surface area contributed by atoms with Gasteiger partial charge in [0, 0.05) is 16.8 Å². The van der Waals surface area contributed by atoms with Crippen molar-refractivity contribution in [2.75, 3.05) is 5.32 Å². The fraction of sp³-hybridized carbons (Fsp3) is 0.143. The van der Waals surface area contributed by atoms with E-state index in [2.05, 4.69) is 20.4 Å². The van der Waals surface area contributed by atoms with Crippen molar-refractivity contribution in [3.63, 3.8) is 0 Å². The van der Waals surface area contributed by atoms with Crippen molar-refractivity contribution >= 4 is 39.7 Å². The number of amides is 2. The van der Waals surface area contributed by atoms with Gasteiger partial charge in [0.1, 0.15) is 22.6 Å². The van der Waals surface area contributed by atoms with Gasteiger partial charge in [0.15, 0.2) is 11.4 Å². The van der Waals surface area contributed by atoms with Crippen LogP contribution in [0.3, 0.4) is 0 Å². The standard InChI is InChI=1S/C21H13F4N7O2S/c1-9-17(18(21(23,24)25)31-32(9)7-16-28-11(6-26)8-35-16)30-20(34)13-5-15(19(27)33)29-14-4-10(22)2-3-12(13)14/h2-5,8H,7H2,1H3,(H2,27,33)(H,30,34). The summed E-state index contributed by atoms with van der Waals surface area (Å²) in [5, 5.41) is 16.6. The minimum Gasteiger partial charge on any atom is -0.364 e. The molecule has 4 rings (SSSR count). The van der Waals surface area contributed by atoms with Crippen LogP contribution in [0.2, 0.25) is 0 Å². The lowest BCUT2D eigenvalue weighted by Gasteiger charge is -2.11. The molecule has 0 radical (unpaired) electrons. The lowest BCUT2D eigenvalue weighted by molar-refractivity contribution is -0.140. The zero-order valence-electron chi connectivity index (χ0n) is 17.6. The molecule has 35 heavy (non-hydrogen) atoms. The summed E-state index contributed by atoms with van der Waals surface area (Å²) in [5.74, 6) is -2.72. The van der Waals surface area contributed by atoms with Crippen LogP contribution in [0, 0.1) is 24.1 Å². The van der Waals surface area contributed by atoms with Crippen LogP contribution < -0.4 is 11.1 Å². The minimum absolute atomic E-state index is 0.0288. The van der Waals surface area contributed by atoms with Crippen molar-refractivity contribution < 1.29 is 27.2 Å². The van der Waals surface area contributed by atoms with E-state index in [1.165, 1.54) is 18.4 Å². The molecule has 0 aliphatic heterocycles. The summed E-state index contributed by atoms with van der Waals surface area (Å²) in [6.45, 7) is 1.16. The number of carbonyl (C=O) groups excluding carboxylic acids is 2. The molecule has 3 N–H and O–H groups in total. The van der Waals surface area contributed by atoms with Crippen LogP contribution >= 0.6 is 11.3 Å². The van der Waals surface area contributed by atoms with Crippen molar-refractivity contribution in [3.05, 3.63) is 68.8 Å². The van der Waals surface area contributed by atoms with Crippen LogP contribution in [0.5, 0.6) is 0 Å². The predicted molar refractivity (Wildman–Crippen MR) is 116 cm³/mol. The molecule has 0 unspecified atom stereocenters. The number of nitrogens with zero attached hydrogens (tertiary/aromatic N) is 5. The van der Waals surface area contributed by atoms with Gasteiger partial charge < -0.3 is 11.1 Å². The smallest absolute Gasteiger partial charge is 0.364 e. The average Bonchev–Trinajstić information content (AvgIpc) is 3.37. The largest absolute Gasteiger partial charge is 0.437 e. The molecule has 4 aromatic rings. The van der Waals surface area contributed by atoms with Crippen LogP contribution in [-0.2, 0) is 12.7 Å². The molecule has 3 aromatic heterocycles. The van der Waals surface area contributed by atoms with Crippen LogP contribution in [-0.4, -0.2) is 31.6 Å². The number of fused-ring (bicyclic) bond motifs is 1. The minimum atomic E-state index is -4.92. The maximum Gasteiger partial charge on any atom is 0.437 e. The highest BCUT2D eigenvalue weighted by Gasteiger charge is 2.39. The second-order valence-electron chi connectivity index (χ2n) is 7.24. The first-order chi connectivity index (χ1) is 16.5. The number of nitrogens with one attached hydrogen (secondary N) is 1. The van der Waals surface area contributed by atoms with Crippen molar-refractivity contribution in [3.8, 4) is 6.07 Å². The SMILES string of the molecule is Cc1c(NC(=O)c2cc(C(N)=O)nc3cc(F)ccc23)c(C(F)(F)F)nn1Cc1nc(C#N)cs1. The van der Waals surface area contributed by atoms with Gasteiger partial charge in [-0.25, -0.2) is 14.4 Å². The Morgan fingerprint density at radius 3 is 2.63 bits per heavy atom. The number of rotatable bonds is 5. The number of halogens is 4. The topological polar surface area (TPSA) is 140 Å². The molecular weight excluding hydrogens is 490 g/mol. The van der Waals surface area contributed by atoms with Crippen LogP contribution in [0.4, 0.5) is 23.2 Å². The Morgan fingerprint density at radius 2 is 2.00 bits per heavy atom. The zero-order valence-corrected chi connectivity index (χ0v) is 18.5. The van der Waals surface area contributed by atoms with Crippen LogP contribution in [0.15, 0.2) is 29.6 Å². The molecule has 1 aromatic carbocycles. The molecule has 178 valence electrons. The molecule has 0 bridgehead atoms. The van der Waals surface area contributed by atoms with E-state index in [9.17, 15) is 27.2 Å². The second kappa shape index (κ2) is 8.76. The van der Waals surface area contributed by atoms with E-state index in [1.54, 1.807) is 0 Å². The summed E-state index contributed by atoms with van der Waals surface area (Å²) in [4.78, 5) is 32.6. The Kier molecular flexibility index (Phi) is 5.95. The monoisotopic (exact) mass is 503 g/mol. The maximum atomic E-state index is 13.8. The van der Waals surface area contributed by atoms with Gasteiger partial charge in [-0.2, -0.15) is 23.5 Å². The second-order valence-corrected chi connectivity index (χ2v) is 8.18. The van der Waals surface area contributed by atoms with E-state index in [4.69, 9.17) is 11.0 Å². The molecule has 0 fully saturated rings. The summed E-state index contributed by atoms with van der Waals surface area (Å²) < 4.78 is 56.0. The molecule has 0 atom stereocenters. The highest BCUT2D eigenvalue weighted by molar-refractivity contribution is 7.09. The van der Waals surface area contributed by atoms with E-state index in [-0.39, 0.29) is 40.1 Å². The number of thiazole rings is 1. The number of aromatic nitrogens is 4. The van der Waals surface area contributed by atoms with Gasteiger partial charge in [-0.15, -0.1) is 11.3 Å². The molecule has 0 spiro atoms. The normalized spacial score (nSPS) is 11.4. The summed E-state index contributed by atoms with van der Waals surface area (Å²) in [6, 6.07) is 6.07. The quantitative estimate of drug-likeness (QED) is 0.399. The number of benzene rings is 1. The van der Waals surface area contributed by atoms with Gasteiger partial charge >= 0.3 is 6.18 Å². The highest BCUT2D eigenvalue weighted by Crippen LogP contribution is 2.36. The van der Waals surface area contributed by atoms with Crippen molar-refractivity contribution in [2.45, 2.75) is 19.6 Å². The highest BCUT2D eigenvalue weighted by atomic mass is 32.1. The van der Waals surface area contributed by atoms with Crippen molar-refractivity contribution in [1.29, 1.82) is 5.26 Å². The summed E-state index contributed by atoms with van der Waals surface area (Å²) in [5.41, 5.74) is 2.70. The number of anilines is 1.